The highest BCUT2D eigenvalue weighted by Crippen LogP contribution is 2.47. The Morgan fingerprint density at radius 3 is 2.08 bits per heavy atom. The molecule has 0 saturated heterocycles. The number of ketones is 1. The Balaban J connectivity index is 0.000000970. The molecule has 0 spiro atoms. The number of fused-ring (bicyclic) bond motifs is 2. The Hall–Kier alpha value is -0.440. The van der Waals surface area contributed by atoms with Crippen molar-refractivity contribution in [2.75, 3.05) is 0 Å². The summed E-state index contributed by atoms with van der Waals surface area (Å²) in [6.07, 6.45) is 8.77. The van der Waals surface area contributed by atoms with Crippen molar-refractivity contribution in [3.8, 4) is 0 Å². The Bertz CT molecular complexity index is 443. The maximum Gasteiger partial charge on any atom is 0.145 e. The summed E-state index contributed by atoms with van der Waals surface area (Å²) >= 11 is 1.62. The SMILES string of the molecule is C=C(NC1(C)CC2CC(C)CC(C2)C1)SC(C)(CC)C(C)=O.CCC. The maximum absolute atomic E-state index is 11.9. The Morgan fingerprint density at radius 2 is 1.68 bits per heavy atom. The van der Waals surface area contributed by atoms with Gasteiger partial charge in [-0.3, -0.25) is 4.79 Å². The molecule has 25 heavy (non-hydrogen) atoms. The molecule has 2 saturated carbocycles. The Morgan fingerprint density at radius 1 is 1.20 bits per heavy atom. The third-order valence-corrected chi connectivity index (χ3v) is 7.20. The molecule has 0 aromatic heterocycles. The number of thioether (sulfide) groups is 1. The van der Waals surface area contributed by atoms with E-state index in [1.165, 1.54) is 38.5 Å². The average Bonchev–Trinajstić information content (AvgIpc) is 2.45. The lowest BCUT2D eigenvalue weighted by atomic mass is 9.63. The minimum atomic E-state index is -0.348. The normalized spacial score (nSPS) is 33.5. The number of carbonyl (C=O) groups excluding carboxylic acids is 1. The molecule has 1 N–H and O–H groups in total. The molecule has 0 aliphatic heterocycles. The molecule has 0 aromatic carbocycles. The van der Waals surface area contributed by atoms with E-state index in [9.17, 15) is 4.79 Å². The summed E-state index contributed by atoms with van der Waals surface area (Å²) in [7, 11) is 0. The first-order chi connectivity index (χ1) is 11.6. The molecule has 2 aliphatic rings. The van der Waals surface area contributed by atoms with Gasteiger partial charge in [-0.2, -0.15) is 0 Å². The third-order valence-electron chi connectivity index (χ3n) is 5.83. The molecule has 3 heteroatoms. The van der Waals surface area contributed by atoms with Gasteiger partial charge in [-0.25, -0.2) is 0 Å². The second-order valence-corrected chi connectivity index (χ2v) is 10.6. The first kappa shape index (κ1) is 22.6. The zero-order valence-corrected chi connectivity index (χ0v) is 18.5. The monoisotopic (exact) mass is 367 g/mol. The van der Waals surface area contributed by atoms with Crippen molar-refractivity contribution in [3.63, 3.8) is 0 Å². The molecule has 146 valence electrons. The van der Waals surface area contributed by atoms with Crippen molar-refractivity contribution in [1.29, 1.82) is 0 Å². The van der Waals surface area contributed by atoms with Crippen molar-refractivity contribution in [2.45, 2.75) is 104 Å². The lowest BCUT2D eigenvalue weighted by Gasteiger charge is -2.48. The minimum absolute atomic E-state index is 0.156. The van der Waals surface area contributed by atoms with E-state index in [1.54, 1.807) is 18.7 Å². The highest BCUT2D eigenvalue weighted by atomic mass is 32.2. The van der Waals surface area contributed by atoms with Crippen LogP contribution >= 0.6 is 11.8 Å². The molecule has 2 bridgehead atoms. The van der Waals surface area contributed by atoms with Crippen LogP contribution in [0, 0.1) is 17.8 Å². The Kier molecular flexibility index (Phi) is 8.57. The number of nitrogens with one attached hydrogen (secondary N) is 1. The molecule has 0 heterocycles. The molecule has 2 aliphatic carbocycles. The van der Waals surface area contributed by atoms with Crippen LogP contribution in [0.2, 0.25) is 0 Å². The average molecular weight is 368 g/mol. The summed E-state index contributed by atoms with van der Waals surface area (Å²) in [5.41, 5.74) is 0.156. The van der Waals surface area contributed by atoms with Gasteiger partial charge >= 0.3 is 0 Å². The number of Topliss-reactive ketones (excluding diaryl/α,β-unsaturated/α-hetero) is 1. The maximum atomic E-state index is 11.9. The van der Waals surface area contributed by atoms with Crippen LogP contribution in [-0.4, -0.2) is 16.1 Å². The summed E-state index contributed by atoms with van der Waals surface area (Å²) < 4.78 is -0.348. The summed E-state index contributed by atoms with van der Waals surface area (Å²) in [5.74, 6) is 2.86. The molecule has 3 atom stereocenters. The molecular weight excluding hydrogens is 326 g/mol. The van der Waals surface area contributed by atoms with Gasteiger partial charge in [0.15, 0.2) is 0 Å². The lowest BCUT2D eigenvalue weighted by Crippen LogP contribution is -2.50. The predicted molar refractivity (Wildman–Crippen MR) is 113 cm³/mol. The number of carbonyl (C=O) groups is 1. The topological polar surface area (TPSA) is 29.1 Å². The van der Waals surface area contributed by atoms with Gasteiger partial charge in [-0.1, -0.05) is 52.5 Å². The standard InChI is InChI=1S/C19H33NOS.C3H8/c1-7-19(6,14(3)21)22-15(4)20-18(5)11-16-8-13(2)9-17(10-16)12-18;1-3-2/h13,16-17,20H,4,7-12H2,1-3,5-6H3;3H2,1-2H3. The lowest BCUT2D eigenvalue weighted by molar-refractivity contribution is -0.118. The summed E-state index contributed by atoms with van der Waals surface area (Å²) in [6.45, 7) is 19.0. The first-order valence-electron chi connectivity index (χ1n) is 10.2. The number of hydrogen-bond donors (Lipinski definition) is 1. The molecule has 0 aromatic rings. The van der Waals surface area contributed by atoms with Crippen LogP contribution in [0.3, 0.4) is 0 Å². The van der Waals surface area contributed by atoms with Crippen molar-refractivity contribution >= 4 is 17.5 Å². The predicted octanol–water partition coefficient (Wildman–Crippen LogP) is 6.56. The van der Waals surface area contributed by atoms with E-state index >= 15 is 0 Å². The fourth-order valence-electron chi connectivity index (χ4n) is 4.72. The van der Waals surface area contributed by atoms with Gasteiger partial charge in [-0.15, -0.1) is 0 Å². The smallest absolute Gasteiger partial charge is 0.145 e. The van der Waals surface area contributed by atoms with E-state index in [2.05, 4.69) is 46.5 Å². The molecule has 2 fully saturated rings. The number of hydrogen-bond acceptors (Lipinski definition) is 3. The molecule has 3 unspecified atom stereocenters. The highest BCUT2D eigenvalue weighted by Gasteiger charge is 2.41. The van der Waals surface area contributed by atoms with Crippen molar-refractivity contribution in [3.05, 3.63) is 11.6 Å². The largest absolute Gasteiger partial charge is 0.375 e. The van der Waals surface area contributed by atoms with Crippen molar-refractivity contribution in [1.82, 2.24) is 5.32 Å². The van der Waals surface area contributed by atoms with Gasteiger partial charge < -0.3 is 5.32 Å². The van der Waals surface area contributed by atoms with Gasteiger partial charge in [0.05, 0.1) is 9.78 Å². The molecule has 0 radical (unpaired) electrons. The zero-order chi connectivity index (χ0) is 19.3. The first-order valence-corrected chi connectivity index (χ1v) is 11.1. The van der Waals surface area contributed by atoms with Crippen LogP contribution in [-0.2, 0) is 4.79 Å². The van der Waals surface area contributed by atoms with Gasteiger partial charge in [0.2, 0.25) is 0 Å². The van der Waals surface area contributed by atoms with Gasteiger partial charge in [0.25, 0.3) is 0 Å². The quantitative estimate of drug-likeness (QED) is 0.576. The van der Waals surface area contributed by atoms with E-state index in [0.717, 1.165) is 29.2 Å². The van der Waals surface area contributed by atoms with Crippen LogP contribution in [0.5, 0.6) is 0 Å². The van der Waals surface area contributed by atoms with E-state index in [4.69, 9.17) is 0 Å². The van der Waals surface area contributed by atoms with E-state index in [-0.39, 0.29) is 16.1 Å². The van der Waals surface area contributed by atoms with E-state index in [1.807, 2.05) is 6.92 Å². The summed E-state index contributed by atoms with van der Waals surface area (Å²) in [5, 5.41) is 4.67. The molecular formula is C22H41NOS. The minimum Gasteiger partial charge on any atom is -0.375 e. The Labute approximate surface area is 161 Å². The molecule has 2 nitrogen and oxygen atoms in total. The van der Waals surface area contributed by atoms with Crippen LogP contribution in [0.15, 0.2) is 11.6 Å². The fourth-order valence-corrected chi connectivity index (χ4v) is 5.85. The summed E-state index contributed by atoms with van der Waals surface area (Å²) in [4.78, 5) is 11.9. The van der Waals surface area contributed by atoms with E-state index in [0.29, 0.717) is 0 Å². The highest BCUT2D eigenvalue weighted by molar-refractivity contribution is 8.05. The van der Waals surface area contributed by atoms with Crippen LogP contribution in [0.1, 0.15) is 93.4 Å². The van der Waals surface area contributed by atoms with Crippen LogP contribution in [0.4, 0.5) is 0 Å². The van der Waals surface area contributed by atoms with Crippen LogP contribution in [0.25, 0.3) is 0 Å². The van der Waals surface area contributed by atoms with Crippen molar-refractivity contribution in [2.24, 2.45) is 17.8 Å². The molecule has 0 amide bonds. The van der Waals surface area contributed by atoms with Crippen LogP contribution < -0.4 is 5.32 Å². The second-order valence-electron chi connectivity index (χ2n) is 9.01. The van der Waals surface area contributed by atoms with E-state index < -0.39 is 0 Å². The number of rotatable bonds is 6. The fraction of sp³-hybridized carbons (Fsp3) is 0.864. The van der Waals surface area contributed by atoms with Gasteiger partial charge in [-0.05, 0) is 77.0 Å². The van der Waals surface area contributed by atoms with Gasteiger partial charge in [0.1, 0.15) is 5.78 Å². The van der Waals surface area contributed by atoms with Gasteiger partial charge in [0, 0.05) is 5.54 Å². The second kappa shape index (κ2) is 9.48. The zero-order valence-electron chi connectivity index (χ0n) is 17.7. The molecule has 2 rings (SSSR count). The summed E-state index contributed by atoms with van der Waals surface area (Å²) in [6, 6.07) is 0. The van der Waals surface area contributed by atoms with Crippen molar-refractivity contribution < 1.29 is 4.79 Å². The third kappa shape index (κ3) is 6.66.